The molecule has 2 aliphatic heterocycles. The molecule has 2 aliphatic rings. The Morgan fingerprint density at radius 2 is 0.633 bits per heavy atom. The van der Waals surface area contributed by atoms with Crippen molar-refractivity contribution in [1.29, 1.82) is 0 Å². The standard InChI is InChI=1S/C40H26N8O8S4/c1-17-13-29(45(49)50)37(57-17)33-21-5-7-23(41-21)34(38-30(46(51)52)14-18(2)58-38)25-9-11-27(43-25)36(40-32(48(55)56)16-20(4)60-40)28-12-10-26(44-28)35(24-8-6-22(33)42-24)39-31(47(53)54)15-19(3)59-39/h5-16,41,44H,1-4H3. The zero-order valence-electron chi connectivity index (χ0n) is 31.5. The van der Waals surface area contributed by atoms with E-state index in [-0.39, 0.29) is 22.7 Å². The molecule has 0 amide bonds. The highest BCUT2D eigenvalue weighted by atomic mass is 32.1. The number of nitrogens with zero attached hydrogens (tertiary/aromatic N) is 6. The van der Waals surface area contributed by atoms with Crippen LogP contribution in [0.3, 0.4) is 0 Å². The van der Waals surface area contributed by atoms with Gasteiger partial charge in [0.1, 0.15) is 19.5 Å². The highest BCUT2D eigenvalue weighted by Gasteiger charge is 2.30. The van der Waals surface area contributed by atoms with Crippen LogP contribution in [0.1, 0.15) is 42.3 Å². The van der Waals surface area contributed by atoms with Gasteiger partial charge in [-0.05, 0) is 76.3 Å². The Morgan fingerprint density at radius 3 is 0.833 bits per heavy atom. The van der Waals surface area contributed by atoms with Gasteiger partial charge in [-0.3, -0.25) is 40.5 Å². The average Bonchev–Trinajstić information content (AvgIpc) is 4.03. The zero-order valence-corrected chi connectivity index (χ0v) is 34.8. The summed E-state index contributed by atoms with van der Waals surface area (Å²) in [6.07, 6.45) is 6.76. The molecule has 0 fully saturated rings. The van der Waals surface area contributed by atoms with Crippen LogP contribution in [0.25, 0.3) is 88.1 Å². The van der Waals surface area contributed by atoms with Crippen molar-refractivity contribution < 1.29 is 19.7 Å². The van der Waals surface area contributed by atoms with E-state index in [1.165, 1.54) is 69.6 Å². The van der Waals surface area contributed by atoms with Crippen molar-refractivity contribution >= 4 is 114 Å². The van der Waals surface area contributed by atoms with Crippen molar-refractivity contribution in [2.45, 2.75) is 27.7 Å². The van der Waals surface area contributed by atoms with Crippen molar-refractivity contribution in [3.05, 3.63) is 131 Å². The molecule has 0 atom stereocenters. The number of rotatable bonds is 8. The number of hydrogen-bond donors (Lipinski definition) is 2. The first-order valence-corrected chi connectivity index (χ1v) is 21.1. The summed E-state index contributed by atoms with van der Waals surface area (Å²) in [5.74, 6) is 0. The van der Waals surface area contributed by atoms with Gasteiger partial charge in [0.2, 0.25) is 0 Å². The van der Waals surface area contributed by atoms with Gasteiger partial charge in [-0.15, -0.1) is 45.3 Å². The maximum absolute atomic E-state index is 12.5. The van der Waals surface area contributed by atoms with E-state index in [1.807, 2.05) is 0 Å². The van der Waals surface area contributed by atoms with Crippen molar-refractivity contribution in [3.8, 4) is 41.8 Å². The van der Waals surface area contributed by atoms with E-state index in [4.69, 9.17) is 9.97 Å². The van der Waals surface area contributed by atoms with E-state index < -0.39 is 19.7 Å². The number of aromatic amines is 2. The molecule has 0 saturated heterocycles. The fourth-order valence-electron chi connectivity index (χ4n) is 7.42. The Kier molecular flexibility index (Phi) is 9.23. The molecule has 298 valence electrons. The number of fused-ring (bicyclic) bond motifs is 8. The molecule has 8 bridgehead atoms. The van der Waals surface area contributed by atoms with Crippen molar-refractivity contribution in [3.63, 3.8) is 0 Å². The van der Waals surface area contributed by atoms with Crippen molar-refractivity contribution in [1.82, 2.24) is 19.9 Å². The molecule has 16 nitrogen and oxygen atoms in total. The molecule has 7 aromatic rings. The van der Waals surface area contributed by atoms with Crippen molar-refractivity contribution in [2.24, 2.45) is 0 Å². The Morgan fingerprint density at radius 1 is 0.417 bits per heavy atom. The summed E-state index contributed by atoms with van der Waals surface area (Å²) in [5, 5.41) is 50.1. The molecule has 60 heavy (non-hydrogen) atoms. The average molecular weight is 875 g/mol. The molecule has 9 rings (SSSR count). The first-order chi connectivity index (χ1) is 28.7. The van der Waals surface area contributed by atoms with Crippen LogP contribution < -0.4 is 0 Å². The highest BCUT2D eigenvalue weighted by Crippen LogP contribution is 2.48. The van der Waals surface area contributed by atoms with Gasteiger partial charge in [0, 0.05) is 88.1 Å². The van der Waals surface area contributed by atoms with Gasteiger partial charge in [0.25, 0.3) is 22.7 Å². The number of nitrogens with one attached hydrogen (secondary N) is 2. The number of aromatic nitrogens is 4. The highest BCUT2D eigenvalue weighted by molar-refractivity contribution is 7.17. The number of hydrogen-bond acceptors (Lipinski definition) is 14. The third kappa shape index (κ3) is 6.41. The van der Waals surface area contributed by atoms with Crippen LogP contribution in [0.2, 0.25) is 0 Å². The molecule has 0 spiro atoms. The van der Waals surface area contributed by atoms with E-state index in [0.29, 0.717) is 106 Å². The Balaban J connectivity index is 1.53. The van der Waals surface area contributed by atoms with E-state index in [2.05, 4.69) is 9.97 Å². The van der Waals surface area contributed by atoms with Gasteiger partial charge >= 0.3 is 0 Å². The molecule has 0 aliphatic carbocycles. The van der Waals surface area contributed by atoms with Crippen LogP contribution in [0, 0.1) is 68.2 Å². The van der Waals surface area contributed by atoms with E-state index in [9.17, 15) is 40.5 Å². The summed E-state index contributed by atoms with van der Waals surface area (Å²) < 4.78 is 0. The van der Waals surface area contributed by atoms with Gasteiger partial charge in [-0.2, -0.15) is 0 Å². The van der Waals surface area contributed by atoms with Crippen LogP contribution in [0.15, 0.2) is 48.5 Å². The van der Waals surface area contributed by atoms with E-state index >= 15 is 0 Å². The van der Waals surface area contributed by atoms with E-state index in [0.717, 1.165) is 0 Å². The zero-order chi connectivity index (χ0) is 42.3. The van der Waals surface area contributed by atoms with E-state index in [1.54, 1.807) is 76.3 Å². The van der Waals surface area contributed by atoms with Gasteiger partial charge in [0.15, 0.2) is 0 Å². The van der Waals surface area contributed by atoms with Crippen LogP contribution in [-0.4, -0.2) is 39.6 Å². The van der Waals surface area contributed by atoms with Crippen LogP contribution in [-0.2, 0) is 0 Å². The number of H-pyrrole nitrogens is 2. The molecule has 2 N–H and O–H groups in total. The summed E-state index contributed by atoms with van der Waals surface area (Å²) in [6.45, 7) is 7.03. The minimum atomic E-state index is -0.466. The number of aryl methyl sites for hydroxylation is 4. The Bertz CT molecular complexity index is 2880. The van der Waals surface area contributed by atoms with Crippen molar-refractivity contribution in [2.75, 3.05) is 0 Å². The van der Waals surface area contributed by atoms with Crippen LogP contribution >= 0.6 is 45.3 Å². The summed E-state index contributed by atoms with van der Waals surface area (Å²) in [6, 6.07) is 12.8. The minimum absolute atomic E-state index is 0.151. The number of nitro groups is 4. The molecule has 7 aromatic heterocycles. The maximum atomic E-state index is 12.5. The van der Waals surface area contributed by atoms with Gasteiger partial charge in [-0.1, -0.05) is 0 Å². The molecular formula is C40H26N8O8S4. The second-order valence-electron chi connectivity index (χ2n) is 13.8. The molecule has 9 heterocycles. The lowest BCUT2D eigenvalue weighted by molar-refractivity contribution is -0.383. The molecule has 0 saturated carbocycles. The largest absolute Gasteiger partial charge is 0.354 e. The molecular weight excluding hydrogens is 849 g/mol. The summed E-state index contributed by atoms with van der Waals surface area (Å²) >= 11 is 4.80. The quantitative estimate of drug-likeness (QED) is 0.108. The smallest absolute Gasteiger partial charge is 0.288 e. The molecule has 0 unspecified atom stereocenters. The lowest BCUT2D eigenvalue weighted by atomic mass is 10.1. The van der Waals surface area contributed by atoms with Gasteiger partial charge in [0.05, 0.1) is 42.5 Å². The predicted octanol–water partition coefficient (Wildman–Crippen LogP) is 12.4. The first kappa shape index (κ1) is 38.5. The Labute approximate surface area is 353 Å². The lowest BCUT2D eigenvalue weighted by Crippen LogP contribution is -1.92. The topological polar surface area (TPSA) is 230 Å². The normalized spacial score (nSPS) is 12.1. The minimum Gasteiger partial charge on any atom is -0.354 e. The summed E-state index contributed by atoms with van der Waals surface area (Å²) in [5.41, 5.74) is 3.80. The lowest BCUT2D eigenvalue weighted by Gasteiger charge is -2.04. The van der Waals surface area contributed by atoms with Gasteiger partial charge < -0.3 is 9.97 Å². The molecule has 0 radical (unpaired) electrons. The second-order valence-corrected chi connectivity index (χ2v) is 18.8. The fourth-order valence-corrected chi connectivity index (χ4v) is 11.6. The number of thiophene rings is 4. The maximum Gasteiger partial charge on any atom is 0.288 e. The third-order valence-corrected chi connectivity index (χ3v) is 14.0. The monoisotopic (exact) mass is 874 g/mol. The van der Waals surface area contributed by atoms with Crippen LogP contribution in [0.5, 0.6) is 0 Å². The summed E-state index contributed by atoms with van der Waals surface area (Å²) in [7, 11) is 0. The molecule has 0 aromatic carbocycles. The Hall–Kier alpha value is -7.00. The molecule has 20 heteroatoms. The predicted molar refractivity (Wildman–Crippen MR) is 238 cm³/mol. The first-order valence-electron chi connectivity index (χ1n) is 17.8. The van der Waals surface area contributed by atoms with Crippen LogP contribution in [0.4, 0.5) is 22.7 Å². The fraction of sp³-hybridized carbons (Fsp3) is 0.100. The second kappa shape index (κ2) is 14.4. The summed E-state index contributed by atoms with van der Waals surface area (Å²) in [4.78, 5) is 69.0. The SMILES string of the molecule is Cc1cc([N+](=O)[O-])c(-c2c3nc(c(-c4sc(C)cc4[N+](=O)[O-])c4ccc([nH]4)c(-c4sc(C)cc4[N+](=O)[O-])c4nc(c(-c5sc(C)cc5[N+](=O)[O-])c5ccc2[nH]5)C=C4)C=C3)s1. The third-order valence-electron chi connectivity index (χ3n) is 9.79. The van der Waals surface area contributed by atoms with Gasteiger partial charge in [-0.25, -0.2) is 9.97 Å².